The van der Waals surface area contributed by atoms with Gasteiger partial charge in [0.25, 0.3) is 0 Å². The van der Waals surface area contributed by atoms with E-state index in [0.29, 0.717) is 6.42 Å². The van der Waals surface area contributed by atoms with E-state index in [2.05, 4.69) is 46.8 Å². The Morgan fingerprint density at radius 3 is 2.62 bits per heavy atom. The standard InChI is InChI=1S/C21H34O3/c1-6-14(2)7-9-16-15(3)8-10-18-20(4,13-22)12-11-17(19(23)24)21(16,18)5/h6,8,16-18,22H,7,9-13H2,1-5H3,(H,23,24)/t16-,17?,18-,20?,21-/m0/s1. The summed E-state index contributed by atoms with van der Waals surface area (Å²) in [7, 11) is 0. The van der Waals surface area contributed by atoms with Gasteiger partial charge in [-0.1, -0.05) is 37.1 Å². The van der Waals surface area contributed by atoms with Crippen molar-refractivity contribution in [3.63, 3.8) is 0 Å². The van der Waals surface area contributed by atoms with Crippen molar-refractivity contribution in [3.8, 4) is 0 Å². The zero-order chi connectivity index (χ0) is 18.1. The smallest absolute Gasteiger partial charge is 0.307 e. The van der Waals surface area contributed by atoms with Gasteiger partial charge < -0.3 is 10.2 Å². The molecule has 0 aliphatic heterocycles. The minimum Gasteiger partial charge on any atom is -0.481 e. The number of fused-ring (bicyclic) bond motifs is 1. The quantitative estimate of drug-likeness (QED) is 0.709. The number of hydrogen-bond acceptors (Lipinski definition) is 2. The second kappa shape index (κ2) is 7.03. The van der Waals surface area contributed by atoms with E-state index < -0.39 is 5.97 Å². The molecule has 0 heterocycles. The molecule has 2 rings (SSSR count). The highest BCUT2D eigenvalue weighted by Gasteiger charge is 2.59. The van der Waals surface area contributed by atoms with Crippen molar-refractivity contribution in [2.24, 2.45) is 28.6 Å². The molecular weight excluding hydrogens is 300 g/mol. The Bertz CT molecular complexity index is 547. The molecule has 2 aliphatic rings. The minimum absolute atomic E-state index is 0.146. The summed E-state index contributed by atoms with van der Waals surface area (Å²) in [5, 5.41) is 20.0. The Kier molecular flexibility index (Phi) is 5.64. The number of hydrogen-bond donors (Lipinski definition) is 2. The molecule has 2 N–H and O–H groups in total. The van der Waals surface area contributed by atoms with E-state index in [1.54, 1.807) is 0 Å². The summed E-state index contributed by atoms with van der Waals surface area (Å²) in [5.74, 6) is -0.477. The van der Waals surface area contributed by atoms with Gasteiger partial charge in [0.15, 0.2) is 0 Å². The number of allylic oxidation sites excluding steroid dienone is 4. The number of aliphatic carboxylic acids is 1. The van der Waals surface area contributed by atoms with Crippen LogP contribution in [0.5, 0.6) is 0 Å². The predicted octanol–water partition coefficient (Wildman–Crippen LogP) is 4.81. The Morgan fingerprint density at radius 2 is 2.08 bits per heavy atom. The van der Waals surface area contributed by atoms with E-state index in [0.717, 1.165) is 25.7 Å². The largest absolute Gasteiger partial charge is 0.481 e. The fraction of sp³-hybridized carbons (Fsp3) is 0.762. The van der Waals surface area contributed by atoms with E-state index in [4.69, 9.17) is 0 Å². The Balaban J connectivity index is 2.46. The van der Waals surface area contributed by atoms with Crippen molar-refractivity contribution in [1.29, 1.82) is 0 Å². The maximum atomic E-state index is 12.1. The zero-order valence-corrected chi connectivity index (χ0v) is 15.9. The summed E-state index contributed by atoms with van der Waals surface area (Å²) in [6, 6.07) is 0. The lowest BCUT2D eigenvalue weighted by atomic mass is 9.44. The molecule has 0 radical (unpaired) electrons. The van der Waals surface area contributed by atoms with Crippen molar-refractivity contribution in [2.45, 2.75) is 66.7 Å². The number of rotatable bonds is 5. The highest BCUT2D eigenvalue weighted by Crippen LogP contribution is 2.63. The van der Waals surface area contributed by atoms with Gasteiger partial charge in [-0.05, 0) is 75.5 Å². The van der Waals surface area contributed by atoms with Crippen molar-refractivity contribution in [1.82, 2.24) is 0 Å². The Morgan fingerprint density at radius 1 is 1.42 bits per heavy atom. The molecule has 0 bridgehead atoms. The third-order valence-corrected chi connectivity index (χ3v) is 7.30. The van der Waals surface area contributed by atoms with E-state index in [-0.39, 0.29) is 35.2 Å². The highest BCUT2D eigenvalue weighted by molar-refractivity contribution is 5.71. The topological polar surface area (TPSA) is 57.5 Å². The Hall–Kier alpha value is -1.09. The molecule has 3 nitrogen and oxygen atoms in total. The maximum Gasteiger partial charge on any atom is 0.307 e. The zero-order valence-electron chi connectivity index (χ0n) is 15.9. The van der Waals surface area contributed by atoms with Gasteiger partial charge in [0.2, 0.25) is 0 Å². The minimum atomic E-state index is -0.662. The van der Waals surface area contributed by atoms with E-state index >= 15 is 0 Å². The van der Waals surface area contributed by atoms with E-state index in [1.165, 1.54) is 11.1 Å². The molecule has 0 saturated heterocycles. The van der Waals surface area contributed by atoms with Crippen molar-refractivity contribution < 1.29 is 15.0 Å². The molecule has 2 unspecified atom stereocenters. The first-order valence-corrected chi connectivity index (χ1v) is 9.32. The summed E-state index contributed by atoms with van der Waals surface area (Å²) in [4.78, 5) is 12.1. The molecular formula is C21H34O3. The summed E-state index contributed by atoms with van der Waals surface area (Å²) >= 11 is 0. The second-order valence-electron chi connectivity index (χ2n) is 8.57. The molecule has 2 aliphatic carbocycles. The molecule has 0 spiro atoms. The molecule has 0 aromatic rings. The monoisotopic (exact) mass is 334 g/mol. The lowest BCUT2D eigenvalue weighted by molar-refractivity contribution is -0.166. The summed E-state index contributed by atoms with van der Waals surface area (Å²) < 4.78 is 0. The summed E-state index contributed by atoms with van der Waals surface area (Å²) in [6.07, 6.45) is 8.82. The fourth-order valence-electron chi connectivity index (χ4n) is 5.55. The lowest BCUT2D eigenvalue weighted by Gasteiger charge is -2.59. The first-order chi connectivity index (χ1) is 11.2. The highest BCUT2D eigenvalue weighted by atomic mass is 16.4. The van der Waals surface area contributed by atoms with Crippen molar-refractivity contribution in [2.75, 3.05) is 6.61 Å². The molecule has 0 amide bonds. The SMILES string of the molecule is CC=C(C)CC[C@H]1C(C)=CC[C@H]2C(C)(CO)CCC(C(=O)O)[C@]12C. The molecule has 1 saturated carbocycles. The molecule has 5 atom stereocenters. The molecule has 0 aromatic heterocycles. The lowest BCUT2D eigenvalue weighted by Crippen LogP contribution is -2.57. The summed E-state index contributed by atoms with van der Waals surface area (Å²) in [5.41, 5.74) is 2.24. The van der Waals surface area contributed by atoms with Crippen LogP contribution < -0.4 is 0 Å². The molecule has 136 valence electrons. The van der Waals surface area contributed by atoms with Crippen LogP contribution in [0.2, 0.25) is 0 Å². The second-order valence-corrected chi connectivity index (χ2v) is 8.57. The van der Waals surface area contributed by atoms with Gasteiger partial charge in [-0.25, -0.2) is 0 Å². The summed E-state index contributed by atoms with van der Waals surface area (Å²) in [6.45, 7) is 10.9. The predicted molar refractivity (Wildman–Crippen MR) is 97.7 cm³/mol. The van der Waals surface area contributed by atoms with Gasteiger partial charge in [0, 0.05) is 6.61 Å². The van der Waals surface area contributed by atoms with Crippen LogP contribution in [0.25, 0.3) is 0 Å². The normalized spacial score (nSPS) is 40.0. The Labute approximate surface area is 146 Å². The van der Waals surface area contributed by atoms with E-state index in [9.17, 15) is 15.0 Å². The third kappa shape index (κ3) is 3.08. The van der Waals surface area contributed by atoms with Crippen LogP contribution in [0, 0.1) is 28.6 Å². The van der Waals surface area contributed by atoms with Crippen molar-refractivity contribution >= 4 is 5.97 Å². The average Bonchev–Trinajstić information content (AvgIpc) is 2.53. The maximum absolute atomic E-state index is 12.1. The van der Waals surface area contributed by atoms with Crippen LogP contribution in [0.1, 0.15) is 66.7 Å². The van der Waals surface area contributed by atoms with Crippen LogP contribution in [-0.4, -0.2) is 22.8 Å². The average molecular weight is 335 g/mol. The third-order valence-electron chi connectivity index (χ3n) is 7.30. The van der Waals surface area contributed by atoms with Gasteiger partial charge in [-0.3, -0.25) is 4.79 Å². The molecule has 1 fully saturated rings. The van der Waals surface area contributed by atoms with Gasteiger partial charge in [-0.15, -0.1) is 0 Å². The molecule has 0 aromatic carbocycles. The van der Waals surface area contributed by atoms with Gasteiger partial charge in [0.05, 0.1) is 5.92 Å². The number of carboxylic acids is 1. The van der Waals surface area contributed by atoms with Crippen LogP contribution in [0.3, 0.4) is 0 Å². The van der Waals surface area contributed by atoms with E-state index in [1.807, 2.05) is 0 Å². The van der Waals surface area contributed by atoms with Crippen molar-refractivity contribution in [3.05, 3.63) is 23.3 Å². The van der Waals surface area contributed by atoms with Gasteiger partial charge in [0.1, 0.15) is 0 Å². The van der Waals surface area contributed by atoms with Gasteiger partial charge >= 0.3 is 5.97 Å². The van der Waals surface area contributed by atoms with Crippen LogP contribution in [0.4, 0.5) is 0 Å². The first-order valence-electron chi connectivity index (χ1n) is 9.32. The van der Waals surface area contributed by atoms with Crippen LogP contribution in [0.15, 0.2) is 23.3 Å². The number of aliphatic hydroxyl groups excluding tert-OH is 1. The first kappa shape index (κ1) is 19.2. The fourth-order valence-corrected chi connectivity index (χ4v) is 5.55. The van der Waals surface area contributed by atoms with Crippen LogP contribution >= 0.6 is 0 Å². The number of aliphatic hydroxyl groups is 1. The number of carboxylic acid groups (broad SMARTS) is 1. The van der Waals surface area contributed by atoms with Crippen LogP contribution in [-0.2, 0) is 4.79 Å². The number of carbonyl (C=O) groups is 1. The molecule has 3 heteroatoms. The van der Waals surface area contributed by atoms with Gasteiger partial charge in [-0.2, -0.15) is 0 Å². The molecule has 24 heavy (non-hydrogen) atoms.